The fraction of sp³-hybridized carbons (Fsp3) is 0.429. The average molecular weight is 279 g/mol. The number of ether oxygens (including phenoxy) is 1. The summed E-state index contributed by atoms with van der Waals surface area (Å²) in [6, 6.07) is 4.27. The molecule has 0 bridgehead atoms. The maximum Gasteiger partial charge on any atom is 0.306 e. The van der Waals surface area contributed by atoms with Crippen molar-refractivity contribution in [3.63, 3.8) is 0 Å². The molecule has 0 radical (unpaired) electrons. The van der Waals surface area contributed by atoms with E-state index in [0.29, 0.717) is 25.0 Å². The van der Waals surface area contributed by atoms with E-state index in [4.69, 9.17) is 9.84 Å². The van der Waals surface area contributed by atoms with E-state index in [9.17, 15) is 14.7 Å². The molecule has 1 aliphatic carbocycles. The van der Waals surface area contributed by atoms with Gasteiger partial charge < -0.3 is 20.3 Å². The van der Waals surface area contributed by atoms with Gasteiger partial charge in [-0.15, -0.1) is 0 Å². The second kappa shape index (κ2) is 5.81. The number of rotatable bonds is 4. The van der Waals surface area contributed by atoms with Crippen molar-refractivity contribution in [3.05, 3.63) is 23.8 Å². The number of carbonyl (C=O) groups is 2. The van der Waals surface area contributed by atoms with Crippen LogP contribution in [0.15, 0.2) is 18.2 Å². The third-order valence-corrected chi connectivity index (χ3v) is 3.57. The molecule has 1 saturated carbocycles. The van der Waals surface area contributed by atoms with Crippen molar-refractivity contribution < 1.29 is 24.5 Å². The van der Waals surface area contributed by atoms with Crippen molar-refractivity contribution in [2.75, 3.05) is 7.11 Å². The van der Waals surface area contributed by atoms with Crippen LogP contribution >= 0.6 is 0 Å². The first-order chi connectivity index (χ1) is 9.51. The van der Waals surface area contributed by atoms with Crippen LogP contribution in [0.5, 0.6) is 11.5 Å². The Morgan fingerprint density at radius 1 is 1.35 bits per heavy atom. The highest BCUT2D eigenvalue weighted by atomic mass is 16.5. The molecule has 0 aromatic heterocycles. The van der Waals surface area contributed by atoms with Gasteiger partial charge in [-0.2, -0.15) is 0 Å². The van der Waals surface area contributed by atoms with E-state index in [1.165, 1.54) is 19.2 Å². The van der Waals surface area contributed by atoms with Crippen LogP contribution in [-0.4, -0.2) is 35.2 Å². The smallest absolute Gasteiger partial charge is 0.306 e. The second-order valence-corrected chi connectivity index (χ2v) is 4.90. The minimum absolute atomic E-state index is 0.157. The predicted octanol–water partition coefficient (Wildman–Crippen LogP) is 1.38. The van der Waals surface area contributed by atoms with Crippen molar-refractivity contribution in [3.8, 4) is 11.5 Å². The SMILES string of the molecule is COc1ccc(C(=O)NC2CCC(C(=O)O)C2)c(O)c1. The molecule has 0 aliphatic heterocycles. The summed E-state index contributed by atoms with van der Waals surface area (Å²) in [4.78, 5) is 22.9. The van der Waals surface area contributed by atoms with Crippen LogP contribution in [0.4, 0.5) is 0 Å². The number of phenolic OH excluding ortho intramolecular Hbond substituents is 1. The van der Waals surface area contributed by atoms with Crippen molar-refractivity contribution in [2.24, 2.45) is 5.92 Å². The van der Waals surface area contributed by atoms with Crippen LogP contribution in [0, 0.1) is 5.92 Å². The molecule has 1 aromatic carbocycles. The minimum Gasteiger partial charge on any atom is -0.507 e. The lowest BCUT2D eigenvalue weighted by Gasteiger charge is -2.13. The first kappa shape index (κ1) is 14.2. The summed E-state index contributed by atoms with van der Waals surface area (Å²) in [7, 11) is 1.47. The van der Waals surface area contributed by atoms with Gasteiger partial charge in [0.15, 0.2) is 0 Å². The number of carboxylic acid groups (broad SMARTS) is 1. The molecule has 2 unspecified atom stereocenters. The highest BCUT2D eigenvalue weighted by molar-refractivity contribution is 5.97. The summed E-state index contributed by atoms with van der Waals surface area (Å²) in [5, 5.41) is 21.4. The van der Waals surface area contributed by atoms with Crippen molar-refractivity contribution in [1.29, 1.82) is 0 Å². The fourth-order valence-corrected chi connectivity index (χ4v) is 2.43. The molecule has 0 spiro atoms. The highest BCUT2D eigenvalue weighted by Crippen LogP contribution is 2.27. The molecule has 2 rings (SSSR count). The topological polar surface area (TPSA) is 95.9 Å². The van der Waals surface area contributed by atoms with Crippen LogP contribution in [-0.2, 0) is 4.79 Å². The van der Waals surface area contributed by atoms with E-state index in [1.54, 1.807) is 6.07 Å². The maximum atomic E-state index is 12.0. The molecular weight excluding hydrogens is 262 g/mol. The zero-order chi connectivity index (χ0) is 14.7. The van der Waals surface area contributed by atoms with Gasteiger partial charge in [0.1, 0.15) is 11.5 Å². The lowest BCUT2D eigenvalue weighted by Crippen LogP contribution is -2.33. The number of benzene rings is 1. The van der Waals surface area contributed by atoms with Crippen molar-refractivity contribution in [1.82, 2.24) is 5.32 Å². The minimum atomic E-state index is -0.825. The normalized spacial score (nSPS) is 21.4. The molecule has 6 heteroatoms. The number of carboxylic acids is 1. The Morgan fingerprint density at radius 2 is 2.10 bits per heavy atom. The zero-order valence-corrected chi connectivity index (χ0v) is 11.1. The Hall–Kier alpha value is -2.24. The molecular formula is C14H17NO5. The Balaban J connectivity index is 2.01. The van der Waals surface area contributed by atoms with Crippen LogP contribution < -0.4 is 10.1 Å². The van der Waals surface area contributed by atoms with Crippen LogP contribution in [0.25, 0.3) is 0 Å². The quantitative estimate of drug-likeness (QED) is 0.774. The van der Waals surface area contributed by atoms with Gasteiger partial charge in [0.05, 0.1) is 18.6 Å². The lowest BCUT2D eigenvalue weighted by molar-refractivity contribution is -0.141. The molecule has 1 fully saturated rings. The molecule has 2 atom stereocenters. The first-order valence-corrected chi connectivity index (χ1v) is 6.42. The molecule has 1 aromatic rings. The first-order valence-electron chi connectivity index (χ1n) is 6.42. The zero-order valence-electron chi connectivity index (χ0n) is 11.1. The number of amides is 1. The van der Waals surface area contributed by atoms with Gasteiger partial charge in [-0.25, -0.2) is 0 Å². The molecule has 0 saturated heterocycles. The third kappa shape index (κ3) is 3.01. The summed E-state index contributed by atoms with van der Waals surface area (Å²) < 4.78 is 4.95. The molecule has 6 nitrogen and oxygen atoms in total. The van der Waals surface area contributed by atoms with Crippen molar-refractivity contribution >= 4 is 11.9 Å². The second-order valence-electron chi connectivity index (χ2n) is 4.90. The molecule has 1 aliphatic rings. The molecule has 3 N–H and O–H groups in total. The van der Waals surface area contributed by atoms with Gasteiger partial charge in [-0.3, -0.25) is 9.59 Å². The van der Waals surface area contributed by atoms with E-state index in [1.807, 2.05) is 0 Å². The summed E-state index contributed by atoms with van der Waals surface area (Å²) in [6.45, 7) is 0. The summed E-state index contributed by atoms with van der Waals surface area (Å²) in [5.41, 5.74) is 0.157. The van der Waals surface area contributed by atoms with E-state index in [0.717, 1.165) is 0 Å². The number of methoxy groups -OCH3 is 1. The van der Waals surface area contributed by atoms with Gasteiger partial charge >= 0.3 is 5.97 Å². The van der Waals surface area contributed by atoms with Crippen LogP contribution in [0.1, 0.15) is 29.6 Å². The highest BCUT2D eigenvalue weighted by Gasteiger charge is 2.31. The molecule has 108 valence electrons. The summed E-state index contributed by atoms with van der Waals surface area (Å²) in [5.74, 6) is -1.32. The Kier molecular flexibility index (Phi) is 4.12. The van der Waals surface area contributed by atoms with E-state index < -0.39 is 17.8 Å². The summed E-state index contributed by atoms with van der Waals surface area (Å²) >= 11 is 0. The Bertz CT molecular complexity index is 528. The number of aliphatic carboxylic acids is 1. The number of aromatic hydroxyl groups is 1. The van der Waals surface area contributed by atoms with Gasteiger partial charge in [-0.1, -0.05) is 0 Å². The number of phenols is 1. The fourth-order valence-electron chi connectivity index (χ4n) is 2.43. The molecule has 1 amide bonds. The number of hydrogen-bond acceptors (Lipinski definition) is 4. The maximum absolute atomic E-state index is 12.0. The predicted molar refractivity (Wildman–Crippen MR) is 70.9 cm³/mol. The number of carbonyl (C=O) groups excluding carboxylic acids is 1. The average Bonchev–Trinajstić information content (AvgIpc) is 2.87. The Labute approximate surface area is 116 Å². The van der Waals surface area contributed by atoms with E-state index in [-0.39, 0.29) is 17.4 Å². The largest absolute Gasteiger partial charge is 0.507 e. The van der Waals surface area contributed by atoms with Crippen molar-refractivity contribution in [2.45, 2.75) is 25.3 Å². The van der Waals surface area contributed by atoms with Gasteiger partial charge in [0, 0.05) is 12.1 Å². The number of hydrogen-bond donors (Lipinski definition) is 3. The van der Waals surface area contributed by atoms with Gasteiger partial charge in [-0.05, 0) is 31.4 Å². The third-order valence-electron chi connectivity index (χ3n) is 3.57. The Morgan fingerprint density at radius 3 is 2.65 bits per heavy atom. The van der Waals surface area contributed by atoms with E-state index >= 15 is 0 Å². The monoisotopic (exact) mass is 279 g/mol. The summed E-state index contributed by atoms with van der Waals surface area (Å²) in [6.07, 6.45) is 1.63. The van der Waals surface area contributed by atoms with Crippen LogP contribution in [0.2, 0.25) is 0 Å². The molecule has 0 heterocycles. The van der Waals surface area contributed by atoms with Gasteiger partial charge in [0.25, 0.3) is 5.91 Å². The molecule has 20 heavy (non-hydrogen) atoms. The number of nitrogens with one attached hydrogen (secondary N) is 1. The van der Waals surface area contributed by atoms with Crippen LogP contribution in [0.3, 0.4) is 0 Å². The van der Waals surface area contributed by atoms with Gasteiger partial charge in [0.2, 0.25) is 0 Å². The standard InChI is InChI=1S/C14H17NO5/c1-20-10-4-5-11(12(16)7-10)13(17)15-9-3-2-8(6-9)14(18)19/h4-5,7-9,16H,2-3,6H2,1H3,(H,15,17)(H,18,19). The lowest BCUT2D eigenvalue weighted by atomic mass is 10.1. The van der Waals surface area contributed by atoms with E-state index in [2.05, 4.69) is 5.32 Å².